The minimum absolute atomic E-state index is 0.213. The lowest BCUT2D eigenvalue weighted by molar-refractivity contribution is -0.119. The van der Waals surface area contributed by atoms with Gasteiger partial charge in [-0.25, -0.2) is 0 Å². The van der Waals surface area contributed by atoms with E-state index in [1.165, 1.54) is 0 Å². The summed E-state index contributed by atoms with van der Waals surface area (Å²) in [7, 11) is 0. The van der Waals surface area contributed by atoms with Gasteiger partial charge in [0, 0.05) is 18.3 Å². The maximum absolute atomic E-state index is 10.1. The Bertz CT molecular complexity index is 180. The van der Waals surface area contributed by atoms with Gasteiger partial charge in [0.25, 0.3) is 0 Å². The van der Waals surface area contributed by atoms with Gasteiger partial charge in [0.2, 0.25) is 0 Å². The molecule has 0 bridgehead atoms. The van der Waals surface area contributed by atoms with Crippen molar-refractivity contribution in [3.05, 3.63) is 30.6 Å². The molecule has 1 aromatic rings. The summed E-state index contributed by atoms with van der Waals surface area (Å²) in [5.41, 5.74) is 0. The average molecular weight is 195 g/mol. The van der Waals surface area contributed by atoms with E-state index in [0.29, 0.717) is 0 Å². The molecule has 0 aliphatic heterocycles. The average Bonchev–Trinajstić information content (AvgIpc) is 2.24. The fraction of sp³-hybridized carbons (Fsp3) is 0.500. The molecular weight excluding hydrogens is 174 g/mol. The monoisotopic (exact) mass is 195 g/mol. The van der Waals surface area contributed by atoms with Gasteiger partial charge in [-0.1, -0.05) is 33.8 Å². The van der Waals surface area contributed by atoms with Gasteiger partial charge >= 0.3 is 0 Å². The van der Waals surface area contributed by atoms with E-state index in [2.05, 4.69) is 4.98 Å². The Balaban J connectivity index is 0. The van der Waals surface area contributed by atoms with Gasteiger partial charge in [0.05, 0.1) is 0 Å². The van der Waals surface area contributed by atoms with Gasteiger partial charge < -0.3 is 0 Å². The number of Topliss-reactive ketones (excluding diaryl/α,β-unsaturated/α-hetero) is 1. The molecule has 1 rings (SSSR count). The van der Waals surface area contributed by atoms with Crippen LogP contribution in [0, 0.1) is 5.92 Å². The first kappa shape index (κ1) is 15.3. The van der Waals surface area contributed by atoms with Crippen LogP contribution < -0.4 is 0 Å². The second-order valence-electron chi connectivity index (χ2n) is 2.79. The Hall–Kier alpha value is -1.18. The van der Waals surface area contributed by atoms with Crippen LogP contribution in [0.4, 0.5) is 0 Å². The highest BCUT2D eigenvalue weighted by atomic mass is 16.1. The molecule has 0 aliphatic carbocycles. The fourth-order valence-electron chi connectivity index (χ4n) is 0.313. The number of aromatic nitrogens is 1. The van der Waals surface area contributed by atoms with E-state index in [1.54, 1.807) is 19.3 Å². The van der Waals surface area contributed by atoms with Crippen molar-refractivity contribution in [2.45, 2.75) is 34.6 Å². The Morgan fingerprint density at radius 3 is 1.50 bits per heavy atom. The lowest BCUT2D eigenvalue weighted by atomic mass is 10.1. The number of hydrogen-bond donors (Lipinski definition) is 0. The molecule has 0 atom stereocenters. The largest absolute Gasteiger partial charge is 0.300 e. The van der Waals surface area contributed by atoms with E-state index in [4.69, 9.17) is 0 Å². The molecular formula is C12H21NO. The highest BCUT2D eigenvalue weighted by Crippen LogP contribution is 1.89. The SMILES string of the molecule is CC.CC(=O)C(C)C.c1ccncc1. The van der Waals surface area contributed by atoms with Gasteiger partial charge in [0.15, 0.2) is 0 Å². The van der Waals surface area contributed by atoms with Crippen LogP contribution >= 0.6 is 0 Å². The number of ketones is 1. The summed E-state index contributed by atoms with van der Waals surface area (Å²) in [5.74, 6) is 0.472. The third kappa shape index (κ3) is 13.4. The van der Waals surface area contributed by atoms with Crippen molar-refractivity contribution in [1.82, 2.24) is 4.98 Å². The van der Waals surface area contributed by atoms with Crippen LogP contribution in [0.1, 0.15) is 34.6 Å². The molecule has 0 radical (unpaired) electrons. The van der Waals surface area contributed by atoms with Crippen LogP contribution in [-0.2, 0) is 4.79 Å². The van der Waals surface area contributed by atoms with Gasteiger partial charge in [-0.2, -0.15) is 0 Å². The van der Waals surface area contributed by atoms with Crippen LogP contribution in [0.25, 0.3) is 0 Å². The number of carbonyl (C=O) groups excluding carboxylic acids is 1. The fourth-order valence-corrected chi connectivity index (χ4v) is 0.313. The zero-order chi connectivity index (χ0) is 11.4. The maximum atomic E-state index is 10.1. The van der Waals surface area contributed by atoms with Crippen LogP contribution in [-0.4, -0.2) is 10.8 Å². The highest BCUT2D eigenvalue weighted by molar-refractivity contribution is 5.77. The molecule has 1 heterocycles. The van der Waals surface area contributed by atoms with E-state index < -0.39 is 0 Å². The van der Waals surface area contributed by atoms with E-state index in [1.807, 2.05) is 45.9 Å². The van der Waals surface area contributed by atoms with Crippen molar-refractivity contribution < 1.29 is 4.79 Å². The molecule has 0 aliphatic rings. The van der Waals surface area contributed by atoms with Gasteiger partial charge in [-0.15, -0.1) is 0 Å². The second kappa shape index (κ2) is 11.8. The molecule has 2 heteroatoms. The predicted molar refractivity (Wildman–Crippen MR) is 61.1 cm³/mol. The summed E-state index contributed by atoms with van der Waals surface area (Å²) < 4.78 is 0. The molecule has 14 heavy (non-hydrogen) atoms. The summed E-state index contributed by atoms with van der Waals surface area (Å²) in [6, 6.07) is 5.72. The molecule has 0 unspecified atom stereocenters. The van der Waals surface area contributed by atoms with Crippen molar-refractivity contribution in [3.63, 3.8) is 0 Å². The van der Waals surface area contributed by atoms with Crippen molar-refractivity contribution in [2.75, 3.05) is 0 Å². The van der Waals surface area contributed by atoms with E-state index >= 15 is 0 Å². The smallest absolute Gasteiger partial charge is 0.132 e. The topological polar surface area (TPSA) is 30.0 Å². The van der Waals surface area contributed by atoms with E-state index in [0.717, 1.165) is 0 Å². The standard InChI is InChI=1S/C5H5N.C5H10O.C2H6/c1-2-4-6-5-3-1;1-4(2)5(3)6;1-2/h1-5H;4H,1-3H3;1-2H3. The molecule has 0 N–H and O–H groups in total. The summed E-state index contributed by atoms with van der Waals surface area (Å²) in [5, 5.41) is 0. The maximum Gasteiger partial charge on any atom is 0.132 e. The first-order chi connectivity index (χ1) is 6.64. The van der Waals surface area contributed by atoms with Crippen LogP contribution in [0.15, 0.2) is 30.6 Å². The summed E-state index contributed by atoms with van der Waals surface area (Å²) in [6.45, 7) is 9.38. The molecule has 0 aromatic carbocycles. The number of rotatable bonds is 1. The predicted octanol–water partition coefficient (Wildman–Crippen LogP) is 3.34. The first-order valence-electron chi connectivity index (χ1n) is 5.00. The zero-order valence-electron chi connectivity index (χ0n) is 9.82. The van der Waals surface area contributed by atoms with E-state index in [-0.39, 0.29) is 11.7 Å². The first-order valence-corrected chi connectivity index (χ1v) is 5.00. The minimum atomic E-state index is 0.213. The Morgan fingerprint density at radius 1 is 1.07 bits per heavy atom. The normalized spacial score (nSPS) is 7.86. The van der Waals surface area contributed by atoms with Crippen molar-refractivity contribution >= 4 is 5.78 Å². The summed E-state index contributed by atoms with van der Waals surface area (Å²) in [4.78, 5) is 13.9. The molecule has 0 spiro atoms. The summed E-state index contributed by atoms with van der Waals surface area (Å²) in [6.07, 6.45) is 3.50. The third-order valence-corrected chi connectivity index (χ3v) is 1.38. The van der Waals surface area contributed by atoms with Crippen LogP contribution in [0.5, 0.6) is 0 Å². The molecule has 1 aromatic heterocycles. The Labute approximate surface area is 87.4 Å². The van der Waals surface area contributed by atoms with Gasteiger partial charge in [-0.3, -0.25) is 9.78 Å². The number of pyridine rings is 1. The van der Waals surface area contributed by atoms with Crippen LogP contribution in [0.2, 0.25) is 0 Å². The van der Waals surface area contributed by atoms with E-state index in [9.17, 15) is 4.79 Å². The molecule has 0 saturated heterocycles. The molecule has 80 valence electrons. The van der Waals surface area contributed by atoms with Gasteiger partial charge in [0.1, 0.15) is 5.78 Å². The second-order valence-corrected chi connectivity index (χ2v) is 2.79. The van der Waals surface area contributed by atoms with Crippen LogP contribution in [0.3, 0.4) is 0 Å². The molecule has 2 nitrogen and oxygen atoms in total. The highest BCUT2D eigenvalue weighted by Gasteiger charge is 1.95. The quantitative estimate of drug-likeness (QED) is 0.688. The lowest BCUT2D eigenvalue weighted by Crippen LogP contribution is -1.98. The molecule has 0 saturated carbocycles. The number of hydrogen-bond acceptors (Lipinski definition) is 2. The zero-order valence-corrected chi connectivity index (χ0v) is 9.82. The summed E-state index contributed by atoms with van der Waals surface area (Å²) >= 11 is 0. The number of nitrogens with zero attached hydrogens (tertiary/aromatic N) is 1. The van der Waals surface area contributed by atoms with Crippen molar-refractivity contribution in [1.29, 1.82) is 0 Å². The number of carbonyl (C=O) groups is 1. The third-order valence-electron chi connectivity index (χ3n) is 1.38. The van der Waals surface area contributed by atoms with Crippen molar-refractivity contribution in [3.8, 4) is 0 Å². The Kier molecular flexibility index (Phi) is 12.9. The molecule has 0 amide bonds. The van der Waals surface area contributed by atoms with Crippen molar-refractivity contribution in [2.24, 2.45) is 5.92 Å². The minimum Gasteiger partial charge on any atom is -0.300 e. The molecule has 0 fully saturated rings. The Morgan fingerprint density at radius 2 is 1.43 bits per heavy atom. The lowest BCUT2D eigenvalue weighted by Gasteiger charge is -1.90. The van der Waals surface area contributed by atoms with Gasteiger partial charge in [-0.05, 0) is 19.1 Å².